The van der Waals surface area contributed by atoms with E-state index < -0.39 is 5.60 Å². The minimum Gasteiger partial charge on any atom is -0.388 e. The standard InChI is InChI=1S/C19H36N4O2.HI/c1-4-19(25,5-2)13-21-18(20-6-3)23-16-9-7-8-14(12-16)17(24)22-15-10-11-15;/h14-16,25H,4-13H2,1-3H3,(H,22,24)(H2,20,21,23);1H. The molecular formula is C19H37IN4O2. The second kappa shape index (κ2) is 11.3. The summed E-state index contributed by atoms with van der Waals surface area (Å²) in [7, 11) is 0. The van der Waals surface area contributed by atoms with Gasteiger partial charge in [-0.2, -0.15) is 0 Å². The van der Waals surface area contributed by atoms with Gasteiger partial charge in [-0.3, -0.25) is 9.79 Å². The number of guanidine groups is 1. The van der Waals surface area contributed by atoms with Gasteiger partial charge in [-0.05, 0) is 51.9 Å². The lowest BCUT2D eigenvalue weighted by Crippen LogP contribution is -2.48. The van der Waals surface area contributed by atoms with E-state index in [0.29, 0.717) is 25.4 Å². The molecule has 6 nitrogen and oxygen atoms in total. The second-order valence-corrected chi connectivity index (χ2v) is 7.61. The highest BCUT2D eigenvalue weighted by molar-refractivity contribution is 14.0. The van der Waals surface area contributed by atoms with Crippen molar-refractivity contribution in [3.63, 3.8) is 0 Å². The first-order valence-corrected chi connectivity index (χ1v) is 10.1. The summed E-state index contributed by atoms with van der Waals surface area (Å²) >= 11 is 0. The van der Waals surface area contributed by atoms with Crippen LogP contribution in [0, 0.1) is 5.92 Å². The van der Waals surface area contributed by atoms with E-state index in [1.54, 1.807) is 0 Å². The summed E-state index contributed by atoms with van der Waals surface area (Å²) in [6.07, 6.45) is 7.62. The number of aliphatic imine (C=N–C) groups is 1. The third-order valence-electron chi connectivity index (χ3n) is 5.50. The maximum atomic E-state index is 12.3. The maximum Gasteiger partial charge on any atom is 0.223 e. The maximum absolute atomic E-state index is 12.3. The van der Waals surface area contributed by atoms with Crippen molar-refractivity contribution in [3.05, 3.63) is 0 Å². The molecule has 0 aliphatic heterocycles. The molecule has 0 aromatic rings. The quantitative estimate of drug-likeness (QED) is 0.245. The minimum atomic E-state index is -0.735. The third-order valence-corrected chi connectivity index (χ3v) is 5.50. The number of hydrogen-bond acceptors (Lipinski definition) is 3. The number of nitrogens with one attached hydrogen (secondary N) is 3. The fourth-order valence-corrected chi connectivity index (χ4v) is 3.32. The van der Waals surface area contributed by atoms with Gasteiger partial charge in [-0.1, -0.05) is 20.3 Å². The Hall–Kier alpha value is -0.570. The first-order chi connectivity index (χ1) is 12.0. The fraction of sp³-hybridized carbons (Fsp3) is 0.895. The molecule has 26 heavy (non-hydrogen) atoms. The van der Waals surface area contributed by atoms with E-state index >= 15 is 0 Å². The molecule has 0 spiro atoms. The molecule has 1 amide bonds. The highest BCUT2D eigenvalue weighted by Crippen LogP contribution is 2.26. The van der Waals surface area contributed by atoms with Gasteiger partial charge in [-0.25, -0.2) is 0 Å². The van der Waals surface area contributed by atoms with Crippen LogP contribution in [-0.2, 0) is 4.79 Å². The summed E-state index contributed by atoms with van der Waals surface area (Å²) in [4.78, 5) is 16.9. The first kappa shape index (κ1) is 23.5. The largest absolute Gasteiger partial charge is 0.388 e. The smallest absolute Gasteiger partial charge is 0.223 e. The van der Waals surface area contributed by atoms with Gasteiger partial charge < -0.3 is 21.1 Å². The monoisotopic (exact) mass is 480 g/mol. The number of carbonyl (C=O) groups excluding carboxylic acids is 1. The zero-order valence-corrected chi connectivity index (χ0v) is 18.8. The van der Waals surface area contributed by atoms with E-state index in [0.717, 1.165) is 51.0 Å². The van der Waals surface area contributed by atoms with Crippen molar-refractivity contribution >= 4 is 35.8 Å². The summed E-state index contributed by atoms with van der Waals surface area (Å²) in [6.45, 7) is 7.19. The van der Waals surface area contributed by atoms with Crippen molar-refractivity contribution in [2.45, 2.75) is 89.8 Å². The number of aliphatic hydroxyl groups is 1. The summed E-state index contributed by atoms with van der Waals surface area (Å²) in [5.41, 5.74) is -0.735. The van der Waals surface area contributed by atoms with Crippen molar-refractivity contribution in [3.8, 4) is 0 Å². The van der Waals surface area contributed by atoms with E-state index in [9.17, 15) is 9.90 Å². The predicted molar refractivity (Wildman–Crippen MR) is 117 cm³/mol. The van der Waals surface area contributed by atoms with Crippen molar-refractivity contribution in [2.75, 3.05) is 13.1 Å². The van der Waals surface area contributed by atoms with Gasteiger partial charge in [0.25, 0.3) is 0 Å². The van der Waals surface area contributed by atoms with Gasteiger partial charge in [0.15, 0.2) is 5.96 Å². The molecule has 4 N–H and O–H groups in total. The van der Waals surface area contributed by atoms with Crippen molar-refractivity contribution in [1.82, 2.24) is 16.0 Å². The molecule has 2 unspecified atom stereocenters. The van der Waals surface area contributed by atoms with E-state index in [1.807, 2.05) is 20.8 Å². The number of hydrogen-bond donors (Lipinski definition) is 4. The molecule has 2 aliphatic carbocycles. The summed E-state index contributed by atoms with van der Waals surface area (Å²) in [5.74, 6) is 1.08. The summed E-state index contributed by atoms with van der Waals surface area (Å²) in [6, 6.07) is 0.693. The molecule has 0 bridgehead atoms. The number of nitrogens with zero attached hydrogens (tertiary/aromatic N) is 1. The SMILES string of the molecule is CCNC(=NCC(O)(CC)CC)NC1CCCC(C(=O)NC2CC2)C1.I. The Labute approximate surface area is 175 Å². The van der Waals surface area contributed by atoms with Crippen LogP contribution in [0.15, 0.2) is 4.99 Å². The Bertz CT molecular complexity index is 464. The third kappa shape index (κ3) is 7.58. The fourth-order valence-electron chi connectivity index (χ4n) is 3.32. The Balaban J connectivity index is 0.00000338. The molecule has 7 heteroatoms. The average molecular weight is 480 g/mol. The van der Waals surface area contributed by atoms with Gasteiger partial charge in [0.2, 0.25) is 5.91 Å². The van der Waals surface area contributed by atoms with Crippen LogP contribution in [0.25, 0.3) is 0 Å². The molecule has 0 heterocycles. The number of amides is 1. The average Bonchev–Trinajstić information content (AvgIpc) is 3.44. The minimum absolute atomic E-state index is 0. The van der Waals surface area contributed by atoms with Crippen LogP contribution < -0.4 is 16.0 Å². The molecule has 2 rings (SSSR count). The highest BCUT2D eigenvalue weighted by Gasteiger charge is 2.31. The van der Waals surface area contributed by atoms with Crippen molar-refractivity contribution in [1.29, 1.82) is 0 Å². The Morgan fingerprint density at radius 3 is 2.35 bits per heavy atom. The molecule has 2 fully saturated rings. The van der Waals surface area contributed by atoms with E-state index in [4.69, 9.17) is 0 Å². The lowest BCUT2D eigenvalue weighted by atomic mass is 9.85. The number of rotatable bonds is 8. The highest BCUT2D eigenvalue weighted by atomic mass is 127. The lowest BCUT2D eigenvalue weighted by Gasteiger charge is -2.30. The Kier molecular flexibility index (Phi) is 10.2. The van der Waals surface area contributed by atoms with Crippen molar-refractivity contribution < 1.29 is 9.90 Å². The van der Waals surface area contributed by atoms with Crippen LogP contribution in [-0.4, -0.2) is 47.7 Å². The molecule has 0 radical (unpaired) electrons. The first-order valence-electron chi connectivity index (χ1n) is 10.1. The molecule has 0 aromatic carbocycles. The van der Waals surface area contributed by atoms with Crippen LogP contribution in [0.3, 0.4) is 0 Å². The van der Waals surface area contributed by atoms with E-state index in [-0.39, 0.29) is 41.8 Å². The van der Waals surface area contributed by atoms with Crippen LogP contribution in [0.4, 0.5) is 0 Å². The molecule has 2 atom stereocenters. The normalized spacial score (nSPS) is 23.8. The predicted octanol–water partition coefficient (Wildman–Crippen LogP) is 2.55. The van der Waals surface area contributed by atoms with Crippen LogP contribution in [0.2, 0.25) is 0 Å². The van der Waals surface area contributed by atoms with E-state index in [1.165, 1.54) is 0 Å². The zero-order chi connectivity index (χ0) is 18.3. The van der Waals surface area contributed by atoms with Gasteiger partial charge in [-0.15, -0.1) is 24.0 Å². The van der Waals surface area contributed by atoms with E-state index in [2.05, 4.69) is 20.9 Å². The van der Waals surface area contributed by atoms with Gasteiger partial charge in [0, 0.05) is 24.5 Å². The molecule has 2 saturated carbocycles. The Morgan fingerprint density at radius 1 is 1.08 bits per heavy atom. The molecular weight excluding hydrogens is 443 g/mol. The van der Waals surface area contributed by atoms with Gasteiger partial charge >= 0.3 is 0 Å². The molecule has 0 saturated heterocycles. The van der Waals surface area contributed by atoms with Gasteiger partial charge in [0.05, 0.1) is 12.1 Å². The van der Waals surface area contributed by atoms with Crippen LogP contribution in [0.1, 0.15) is 72.1 Å². The van der Waals surface area contributed by atoms with Crippen LogP contribution in [0.5, 0.6) is 0 Å². The molecule has 2 aliphatic rings. The Morgan fingerprint density at radius 2 is 1.77 bits per heavy atom. The zero-order valence-electron chi connectivity index (χ0n) is 16.5. The lowest BCUT2D eigenvalue weighted by molar-refractivity contribution is -0.126. The van der Waals surface area contributed by atoms with Gasteiger partial charge in [0.1, 0.15) is 0 Å². The number of carbonyl (C=O) groups is 1. The molecule has 152 valence electrons. The summed E-state index contributed by atoms with van der Waals surface area (Å²) in [5, 5.41) is 20.3. The summed E-state index contributed by atoms with van der Waals surface area (Å²) < 4.78 is 0. The molecule has 0 aromatic heterocycles. The van der Waals surface area contributed by atoms with Crippen LogP contribution >= 0.6 is 24.0 Å². The topological polar surface area (TPSA) is 85.8 Å². The number of halogens is 1. The van der Waals surface area contributed by atoms with Crippen molar-refractivity contribution in [2.24, 2.45) is 10.9 Å². The second-order valence-electron chi connectivity index (χ2n) is 7.61.